The van der Waals surface area contributed by atoms with E-state index in [2.05, 4.69) is 139 Å². The maximum atomic E-state index is 2.45. The molecule has 0 aliphatic heterocycles. The fourth-order valence-corrected chi connectivity index (χ4v) is 5.00. The van der Waals surface area contributed by atoms with Gasteiger partial charge in [-0.1, -0.05) is 139 Å². The van der Waals surface area contributed by atoms with Crippen molar-refractivity contribution in [1.29, 1.82) is 0 Å². The van der Waals surface area contributed by atoms with Crippen molar-refractivity contribution in [2.24, 2.45) is 0 Å². The van der Waals surface area contributed by atoms with Gasteiger partial charge < -0.3 is 0 Å². The Labute approximate surface area is 206 Å². The highest BCUT2D eigenvalue weighted by Gasteiger charge is 2.20. The third-order valence-corrected chi connectivity index (χ3v) is 6.93. The smallest absolute Gasteiger partial charge is 0.0339 e. The third-order valence-electron chi connectivity index (χ3n) is 6.93. The van der Waals surface area contributed by atoms with E-state index in [0.717, 1.165) is 0 Å². The normalized spacial score (nSPS) is 11.7. The third kappa shape index (κ3) is 5.02. The SMILES string of the molecule is CC(C)c1cc(C(C)C)c(-c2ccc(C(c3ccccc3)c3ccccc3)cc2)c(C(C)C)c1. The number of rotatable bonds is 7. The number of hydrogen-bond acceptors (Lipinski definition) is 0. The van der Waals surface area contributed by atoms with Crippen LogP contribution in [0.25, 0.3) is 11.1 Å². The summed E-state index contributed by atoms with van der Waals surface area (Å²) in [4.78, 5) is 0. The zero-order chi connectivity index (χ0) is 24.2. The lowest BCUT2D eigenvalue weighted by molar-refractivity contribution is 0.807. The molecule has 0 spiro atoms. The molecule has 0 amide bonds. The van der Waals surface area contributed by atoms with Gasteiger partial charge in [-0.15, -0.1) is 0 Å². The quantitative estimate of drug-likeness (QED) is 0.248. The molecule has 174 valence electrons. The van der Waals surface area contributed by atoms with Crippen LogP contribution in [0.1, 0.15) is 98.6 Å². The molecule has 0 fully saturated rings. The van der Waals surface area contributed by atoms with Crippen molar-refractivity contribution in [1.82, 2.24) is 0 Å². The summed E-state index contributed by atoms with van der Waals surface area (Å²) in [5, 5.41) is 0. The van der Waals surface area contributed by atoms with E-state index in [0.29, 0.717) is 17.8 Å². The highest BCUT2D eigenvalue weighted by Crippen LogP contribution is 2.40. The minimum Gasteiger partial charge on any atom is -0.0622 e. The Morgan fingerprint density at radius 2 is 0.824 bits per heavy atom. The van der Waals surface area contributed by atoms with E-state index in [1.54, 1.807) is 0 Å². The predicted octanol–water partition coefficient (Wildman–Crippen LogP) is 9.90. The molecule has 4 aromatic rings. The van der Waals surface area contributed by atoms with Gasteiger partial charge in [0.1, 0.15) is 0 Å². The van der Waals surface area contributed by atoms with E-state index in [1.807, 2.05) is 0 Å². The molecule has 0 heteroatoms. The van der Waals surface area contributed by atoms with Crippen molar-refractivity contribution in [3.05, 3.63) is 130 Å². The first-order valence-corrected chi connectivity index (χ1v) is 12.7. The summed E-state index contributed by atoms with van der Waals surface area (Å²) < 4.78 is 0. The van der Waals surface area contributed by atoms with Crippen molar-refractivity contribution in [3.63, 3.8) is 0 Å². The lowest BCUT2D eigenvalue weighted by Gasteiger charge is -2.24. The van der Waals surface area contributed by atoms with Gasteiger partial charge in [0.25, 0.3) is 0 Å². The molecule has 0 saturated heterocycles. The van der Waals surface area contributed by atoms with Gasteiger partial charge in [-0.3, -0.25) is 0 Å². The van der Waals surface area contributed by atoms with E-state index >= 15 is 0 Å². The second-order valence-electron chi connectivity index (χ2n) is 10.4. The Hall–Kier alpha value is -3.12. The van der Waals surface area contributed by atoms with Crippen molar-refractivity contribution in [2.75, 3.05) is 0 Å². The summed E-state index contributed by atoms with van der Waals surface area (Å²) in [6.45, 7) is 13.9. The van der Waals surface area contributed by atoms with E-state index in [1.165, 1.54) is 44.5 Å². The van der Waals surface area contributed by atoms with Crippen LogP contribution in [0.3, 0.4) is 0 Å². The maximum Gasteiger partial charge on any atom is 0.0339 e. The van der Waals surface area contributed by atoms with Crippen LogP contribution in [0, 0.1) is 0 Å². The van der Waals surface area contributed by atoms with Crippen LogP contribution in [-0.2, 0) is 0 Å². The average Bonchev–Trinajstić information content (AvgIpc) is 2.85. The van der Waals surface area contributed by atoms with Gasteiger partial charge in [0, 0.05) is 5.92 Å². The molecule has 0 unspecified atom stereocenters. The molecule has 0 N–H and O–H groups in total. The van der Waals surface area contributed by atoms with Crippen LogP contribution in [0.5, 0.6) is 0 Å². The molecule has 0 aliphatic rings. The summed E-state index contributed by atoms with van der Waals surface area (Å²) in [6, 6.07) is 36.0. The Kier molecular flexibility index (Phi) is 7.37. The molecule has 0 nitrogen and oxygen atoms in total. The molecule has 0 aromatic heterocycles. The van der Waals surface area contributed by atoms with Crippen LogP contribution in [0.4, 0.5) is 0 Å². The highest BCUT2D eigenvalue weighted by molar-refractivity contribution is 5.74. The van der Waals surface area contributed by atoms with E-state index < -0.39 is 0 Å². The standard InChI is InChI=1S/C34H38/c1-23(2)30-21-31(24(3)4)34(32(22-30)25(5)6)29-19-17-28(18-20-29)33(26-13-9-7-10-14-26)27-15-11-8-12-16-27/h7-25,33H,1-6H3. The first-order valence-electron chi connectivity index (χ1n) is 12.7. The van der Waals surface area contributed by atoms with E-state index in [9.17, 15) is 0 Å². The number of benzene rings is 4. The van der Waals surface area contributed by atoms with Crippen LogP contribution < -0.4 is 0 Å². The van der Waals surface area contributed by atoms with Gasteiger partial charge in [-0.25, -0.2) is 0 Å². The summed E-state index contributed by atoms with van der Waals surface area (Å²) >= 11 is 0. The van der Waals surface area contributed by atoms with Gasteiger partial charge in [-0.2, -0.15) is 0 Å². The molecule has 0 atom stereocenters. The first kappa shape index (κ1) is 24.0. The monoisotopic (exact) mass is 446 g/mol. The molecule has 4 aromatic carbocycles. The first-order chi connectivity index (χ1) is 16.4. The Balaban J connectivity index is 1.84. The second kappa shape index (κ2) is 10.4. The molecule has 0 saturated carbocycles. The second-order valence-corrected chi connectivity index (χ2v) is 10.4. The predicted molar refractivity (Wildman–Crippen MR) is 148 cm³/mol. The lowest BCUT2D eigenvalue weighted by atomic mass is 9.80. The van der Waals surface area contributed by atoms with Crippen molar-refractivity contribution < 1.29 is 0 Å². The van der Waals surface area contributed by atoms with Crippen LogP contribution in [0.15, 0.2) is 97.1 Å². The van der Waals surface area contributed by atoms with E-state index in [4.69, 9.17) is 0 Å². The fourth-order valence-electron chi connectivity index (χ4n) is 5.00. The van der Waals surface area contributed by atoms with Gasteiger partial charge in [0.15, 0.2) is 0 Å². The summed E-state index contributed by atoms with van der Waals surface area (Å²) in [5.41, 5.74) is 11.1. The Morgan fingerprint density at radius 1 is 0.412 bits per heavy atom. The summed E-state index contributed by atoms with van der Waals surface area (Å²) in [5.74, 6) is 1.72. The minimum absolute atomic E-state index is 0.230. The zero-order valence-corrected chi connectivity index (χ0v) is 21.5. The van der Waals surface area contributed by atoms with Crippen LogP contribution in [0.2, 0.25) is 0 Å². The van der Waals surface area contributed by atoms with Gasteiger partial charge in [-0.05, 0) is 62.3 Å². The Bertz CT molecular complexity index is 1130. The van der Waals surface area contributed by atoms with Gasteiger partial charge in [0.05, 0.1) is 0 Å². The van der Waals surface area contributed by atoms with Gasteiger partial charge >= 0.3 is 0 Å². The molecule has 0 heterocycles. The molecule has 0 bridgehead atoms. The van der Waals surface area contributed by atoms with Gasteiger partial charge in [0.2, 0.25) is 0 Å². The molecule has 0 aliphatic carbocycles. The Morgan fingerprint density at radius 3 is 1.21 bits per heavy atom. The van der Waals surface area contributed by atoms with Crippen LogP contribution in [-0.4, -0.2) is 0 Å². The summed E-state index contributed by atoms with van der Waals surface area (Å²) in [6.07, 6.45) is 0. The molecule has 4 rings (SSSR count). The topological polar surface area (TPSA) is 0 Å². The molecular weight excluding hydrogens is 408 g/mol. The fraction of sp³-hybridized carbons (Fsp3) is 0.294. The molecule has 34 heavy (non-hydrogen) atoms. The maximum absolute atomic E-state index is 2.45. The van der Waals surface area contributed by atoms with Crippen molar-refractivity contribution in [2.45, 2.75) is 65.2 Å². The molecular formula is C34H38. The number of hydrogen-bond donors (Lipinski definition) is 0. The lowest BCUT2D eigenvalue weighted by Crippen LogP contribution is -2.05. The molecule has 0 radical (unpaired) electrons. The average molecular weight is 447 g/mol. The zero-order valence-electron chi connectivity index (χ0n) is 21.5. The largest absolute Gasteiger partial charge is 0.0622 e. The van der Waals surface area contributed by atoms with Crippen molar-refractivity contribution >= 4 is 0 Å². The van der Waals surface area contributed by atoms with E-state index in [-0.39, 0.29) is 5.92 Å². The highest BCUT2D eigenvalue weighted by atomic mass is 14.2. The van der Waals surface area contributed by atoms with Crippen molar-refractivity contribution in [3.8, 4) is 11.1 Å². The minimum atomic E-state index is 0.230. The summed E-state index contributed by atoms with van der Waals surface area (Å²) in [7, 11) is 0. The van der Waals surface area contributed by atoms with Crippen LogP contribution >= 0.6 is 0 Å².